The minimum atomic E-state index is -2.63. The summed E-state index contributed by atoms with van der Waals surface area (Å²) in [6.07, 6.45) is 1.32. The number of rotatable bonds is 9. The highest BCUT2D eigenvalue weighted by Crippen LogP contribution is 2.62. The van der Waals surface area contributed by atoms with Crippen LogP contribution in [0.1, 0.15) is 42.9 Å². The molecular formula is C52H57N5O6Si. The Morgan fingerprint density at radius 2 is 1.48 bits per heavy atom. The summed E-state index contributed by atoms with van der Waals surface area (Å²) in [5.74, 6) is 0.111. The summed E-state index contributed by atoms with van der Waals surface area (Å²) < 4.78 is 13.1. The Balaban J connectivity index is 1.10. The van der Waals surface area contributed by atoms with Crippen LogP contribution in [0.15, 0.2) is 127 Å². The van der Waals surface area contributed by atoms with Crippen LogP contribution in [0.5, 0.6) is 5.75 Å². The zero-order valence-electron chi connectivity index (χ0n) is 37.1. The van der Waals surface area contributed by atoms with Gasteiger partial charge in [0.15, 0.2) is 5.60 Å². The second-order valence-electron chi connectivity index (χ2n) is 18.8. The molecule has 0 bridgehead atoms. The fourth-order valence-corrected chi connectivity index (χ4v) is 15.9. The second-order valence-corrected chi connectivity index (χ2v) is 23.5. The van der Waals surface area contributed by atoms with Crippen molar-refractivity contribution in [3.05, 3.63) is 144 Å². The van der Waals surface area contributed by atoms with Crippen LogP contribution in [0, 0.1) is 5.92 Å². The molecular weight excluding hydrogens is 819 g/mol. The van der Waals surface area contributed by atoms with Crippen molar-refractivity contribution in [2.24, 2.45) is 5.92 Å². The van der Waals surface area contributed by atoms with Crippen LogP contribution in [-0.2, 0) is 37.7 Å². The number of nitrogens with one attached hydrogen (secondary N) is 1. The lowest BCUT2D eigenvalue weighted by atomic mass is 9.82. The van der Waals surface area contributed by atoms with E-state index >= 15 is 9.59 Å². The Bertz CT molecular complexity index is 2570. The van der Waals surface area contributed by atoms with Crippen LogP contribution >= 0.6 is 0 Å². The van der Waals surface area contributed by atoms with Crippen LogP contribution < -0.4 is 29.9 Å². The molecule has 3 saturated heterocycles. The van der Waals surface area contributed by atoms with Crippen LogP contribution in [-0.4, -0.2) is 87.0 Å². The molecule has 5 heterocycles. The largest absolute Gasteiger partial charge is 0.497 e. The molecule has 0 aromatic heterocycles. The highest BCUT2D eigenvalue weighted by Gasteiger charge is 2.67. The van der Waals surface area contributed by atoms with E-state index in [0.717, 1.165) is 41.3 Å². The smallest absolute Gasteiger partial charge is 0.268 e. The van der Waals surface area contributed by atoms with E-state index in [1.165, 1.54) is 5.19 Å². The van der Waals surface area contributed by atoms with Gasteiger partial charge >= 0.3 is 0 Å². The first kappa shape index (κ1) is 42.2. The Labute approximate surface area is 376 Å². The molecule has 0 radical (unpaired) electrons. The number of methoxy groups -OCH3 is 1. The molecule has 3 fully saturated rings. The molecule has 2 N–H and O–H groups in total. The fourth-order valence-electron chi connectivity index (χ4n) is 11.9. The number of fused-ring (bicyclic) bond motifs is 3. The maximum atomic E-state index is 15.8. The Kier molecular flexibility index (Phi) is 10.8. The maximum Gasteiger partial charge on any atom is 0.268 e. The van der Waals surface area contributed by atoms with Crippen molar-refractivity contribution in [2.75, 3.05) is 48.2 Å². The number of ether oxygens (including phenoxy) is 2. The molecule has 330 valence electrons. The summed E-state index contributed by atoms with van der Waals surface area (Å²) in [6.45, 7) is 8.84. The second kappa shape index (κ2) is 16.3. The lowest BCUT2D eigenvalue weighted by Crippen LogP contribution is -2.55. The van der Waals surface area contributed by atoms with Crippen molar-refractivity contribution in [2.45, 2.75) is 81.1 Å². The molecule has 5 atom stereocenters. The average Bonchev–Trinajstić information content (AvgIpc) is 3.88. The normalized spacial score (nSPS) is 25.0. The number of hydrogen-bond acceptors (Lipinski definition) is 8. The molecule has 10 rings (SSSR count). The van der Waals surface area contributed by atoms with Gasteiger partial charge in [0.25, 0.3) is 11.8 Å². The van der Waals surface area contributed by atoms with Crippen molar-refractivity contribution >= 4 is 53.7 Å². The first-order valence-corrected chi connectivity index (χ1v) is 25.8. The topological polar surface area (TPSA) is 115 Å². The van der Waals surface area contributed by atoms with Crippen molar-refractivity contribution < 1.29 is 29.0 Å². The number of hydrogen-bond donors (Lipinski definition) is 2. The minimum absolute atomic E-state index is 0.0445. The van der Waals surface area contributed by atoms with Crippen LogP contribution in [0.4, 0.5) is 22.7 Å². The molecule has 0 saturated carbocycles. The molecule has 5 aromatic rings. The number of nitrogens with zero attached hydrogens (tertiary/aromatic N) is 4. The number of carbonyl (C=O) groups excluding carboxylic acids is 3. The molecule has 11 nitrogen and oxygen atoms in total. The number of aliphatic hydroxyl groups is 1. The molecule has 0 unspecified atom stereocenters. The van der Waals surface area contributed by atoms with E-state index in [1.807, 2.05) is 101 Å². The van der Waals surface area contributed by atoms with Gasteiger partial charge in [-0.05, 0) is 104 Å². The summed E-state index contributed by atoms with van der Waals surface area (Å²) in [4.78, 5) is 53.5. The van der Waals surface area contributed by atoms with Gasteiger partial charge in [-0.15, -0.1) is 0 Å². The number of anilines is 4. The first-order chi connectivity index (χ1) is 31.0. The summed E-state index contributed by atoms with van der Waals surface area (Å²) in [7, 11) is -0.967. The molecule has 3 amide bonds. The summed E-state index contributed by atoms with van der Waals surface area (Å²) in [5.41, 5.74) is 3.65. The predicted octanol–water partition coefficient (Wildman–Crippen LogP) is 6.86. The molecule has 12 heteroatoms. The molecule has 5 aliphatic heterocycles. The standard InChI is InChI=1S/C52H57N5O6Si/c1-35-48(64(3,4)43-22-20-42(62-2)21-23-43)46(31-47(59)54-32-37-14-12-11-13-36(37)29-41(54)33-58)63-52(35)44-30-40(19-24-45(44)57(50(52)61)39-17-9-6-10-18-39)55-34-56(38-15-7-5-8-16-38)51(49(55)60)25-27-53-28-26-51/h5-24,30,35,41,46,48,53,58H,25-29,31-34H2,1-4H3/t35-,41+,46+,48-,52+/m1/s1. The van der Waals surface area contributed by atoms with E-state index in [-0.39, 0.29) is 48.3 Å². The van der Waals surface area contributed by atoms with Gasteiger partial charge in [0, 0.05) is 35.1 Å². The summed E-state index contributed by atoms with van der Waals surface area (Å²) >= 11 is 0. The van der Waals surface area contributed by atoms with Crippen molar-refractivity contribution in [1.82, 2.24) is 10.2 Å². The molecule has 0 aliphatic carbocycles. The van der Waals surface area contributed by atoms with Gasteiger partial charge in [0.05, 0.1) is 52.7 Å². The van der Waals surface area contributed by atoms with Crippen LogP contribution in [0.25, 0.3) is 0 Å². The zero-order valence-corrected chi connectivity index (χ0v) is 38.1. The number of amides is 3. The highest BCUT2D eigenvalue weighted by atomic mass is 28.3. The third-order valence-corrected chi connectivity index (χ3v) is 19.6. The van der Waals surface area contributed by atoms with Crippen LogP contribution in [0.2, 0.25) is 18.6 Å². The minimum Gasteiger partial charge on any atom is -0.497 e. The van der Waals surface area contributed by atoms with Crippen molar-refractivity contribution in [3.8, 4) is 5.75 Å². The number of carbonyl (C=O) groups is 3. The van der Waals surface area contributed by atoms with Crippen molar-refractivity contribution in [1.29, 1.82) is 0 Å². The van der Waals surface area contributed by atoms with E-state index in [4.69, 9.17) is 9.47 Å². The highest BCUT2D eigenvalue weighted by molar-refractivity contribution is 6.91. The number of aliphatic hydroxyl groups excluding tert-OH is 1. The van der Waals surface area contributed by atoms with Gasteiger partial charge in [0.2, 0.25) is 5.91 Å². The Hall–Kier alpha value is -5.79. The zero-order chi connectivity index (χ0) is 44.4. The summed E-state index contributed by atoms with van der Waals surface area (Å²) in [5, 5.41) is 15.3. The third-order valence-electron chi connectivity index (χ3n) is 15.3. The summed E-state index contributed by atoms with van der Waals surface area (Å²) in [6, 6.07) is 41.8. The van der Waals surface area contributed by atoms with Gasteiger partial charge in [-0.3, -0.25) is 24.2 Å². The van der Waals surface area contributed by atoms with Gasteiger partial charge in [-0.1, -0.05) is 98.0 Å². The van der Waals surface area contributed by atoms with Crippen molar-refractivity contribution in [3.63, 3.8) is 0 Å². The third kappa shape index (κ3) is 6.59. The van der Waals surface area contributed by atoms with Gasteiger partial charge in [-0.25, -0.2) is 0 Å². The molecule has 5 aromatic carbocycles. The first-order valence-electron chi connectivity index (χ1n) is 22.7. The fraction of sp³-hybridized carbons (Fsp3) is 0.365. The Morgan fingerprint density at radius 3 is 2.16 bits per heavy atom. The van der Waals surface area contributed by atoms with E-state index in [1.54, 1.807) is 12.0 Å². The molecule has 2 spiro atoms. The molecule has 5 aliphatic rings. The average molecular weight is 876 g/mol. The maximum absolute atomic E-state index is 15.8. The van der Waals surface area contributed by atoms with Gasteiger partial charge in [-0.2, -0.15) is 0 Å². The van der Waals surface area contributed by atoms with E-state index in [2.05, 4.69) is 66.6 Å². The van der Waals surface area contributed by atoms with Gasteiger partial charge in [0.1, 0.15) is 11.3 Å². The lowest BCUT2D eigenvalue weighted by Gasteiger charge is -2.39. The Morgan fingerprint density at radius 1 is 0.828 bits per heavy atom. The SMILES string of the molecule is COc1ccc([Si](C)(C)[C@H]2[C@H](CC(=O)N3Cc4ccccc4C[C@H]3CO)O[C@@]3(C(=O)N(c4ccccc4)c4ccc(N5CN(c6ccccc6)C6(CCNCC6)C5=O)cc43)[C@@H]2C)cc1. The van der Waals surface area contributed by atoms with E-state index < -0.39 is 25.3 Å². The lowest BCUT2D eigenvalue weighted by molar-refractivity contribution is -0.150. The quantitative estimate of drug-likeness (QED) is 0.155. The van der Waals surface area contributed by atoms with Crippen LogP contribution in [0.3, 0.4) is 0 Å². The number of para-hydroxylation sites is 2. The van der Waals surface area contributed by atoms with Gasteiger partial charge < -0.3 is 29.7 Å². The van der Waals surface area contributed by atoms with E-state index in [0.29, 0.717) is 49.4 Å². The molecule has 64 heavy (non-hydrogen) atoms. The predicted molar refractivity (Wildman–Crippen MR) is 252 cm³/mol. The number of benzene rings is 5. The van der Waals surface area contributed by atoms with E-state index in [9.17, 15) is 9.90 Å². The number of piperidine rings is 1. The monoisotopic (exact) mass is 875 g/mol.